The average molecular weight is 305 g/mol. The number of carbonyl (C=O) groups is 2. The number of ether oxygens (including phenoxy) is 1. The van der Waals surface area contributed by atoms with Gasteiger partial charge >= 0.3 is 5.97 Å². The van der Waals surface area contributed by atoms with E-state index in [4.69, 9.17) is 9.84 Å². The van der Waals surface area contributed by atoms with E-state index in [1.54, 1.807) is 4.90 Å². The van der Waals surface area contributed by atoms with Crippen LogP contribution in [0.2, 0.25) is 0 Å². The van der Waals surface area contributed by atoms with Crippen molar-refractivity contribution in [2.24, 2.45) is 11.8 Å². The molecule has 2 atom stereocenters. The minimum absolute atomic E-state index is 0.00196. The molecule has 0 radical (unpaired) electrons. The zero-order chi connectivity index (χ0) is 16.3. The topological polar surface area (TPSA) is 66.8 Å². The first-order valence-corrected chi connectivity index (χ1v) is 7.59. The SMILES string of the molecule is Cc1ccc(OCCC(=O)N2C[C@@H](C)[C@H](C(=O)O)C2)cc1C. The number of benzene rings is 1. The molecule has 5 nitrogen and oxygen atoms in total. The zero-order valence-corrected chi connectivity index (χ0v) is 13.3. The van der Waals surface area contributed by atoms with Crippen molar-refractivity contribution in [2.75, 3.05) is 19.7 Å². The van der Waals surface area contributed by atoms with Gasteiger partial charge in [0.15, 0.2) is 0 Å². The molecule has 0 aromatic heterocycles. The Balaban J connectivity index is 1.81. The molecule has 1 amide bonds. The van der Waals surface area contributed by atoms with Crippen LogP contribution in [0.25, 0.3) is 0 Å². The standard InChI is InChI=1S/C17H23NO4/c1-11-4-5-14(8-12(11)2)22-7-6-16(19)18-9-13(3)15(10-18)17(20)21/h4-5,8,13,15H,6-7,9-10H2,1-3H3,(H,20,21)/t13-,15-/m1/s1. The van der Waals surface area contributed by atoms with Crippen molar-refractivity contribution < 1.29 is 19.4 Å². The third-order valence-electron chi connectivity index (χ3n) is 4.35. The molecule has 0 unspecified atom stereocenters. The highest BCUT2D eigenvalue weighted by molar-refractivity contribution is 5.79. The Kier molecular flexibility index (Phi) is 5.06. The van der Waals surface area contributed by atoms with Crippen molar-refractivity contribution in [3.63, 3.8) is 0 Å². The lowest BCUT2D eigenvalue weighted by Gasteiger charge is -2.16. The maximum Gasteiger partial charge on any atom is 0.308 e. The first-order valence-electron chi connectivity index (χ1n) is 7.59. The van der Waals surface area contributed by atoms with Gasteiger partial charge in [-0.05, 0) is 43.0 Å². The van der Waals surface area contributed by atoms with Crippen molar-refractivity contribution in [3.8, 4) is 5.75 Å². The molecule has 1 saturated heterocycles. The molecule has 1 aliphatic rings. The predicted molar refractivity (Wildman–Crippen MR) is 82.9 cm³/mol. The van der Waals surface area contributed by atoms with Gasteiger partial charge in [-0.15, -0.1) is 0 Å². The maximum atomic E-state index is 12.1. The first kappa shape index (κ1) is 16.3. The van der Waals surface area contributed by atoms with E-state index in [0.29, 0.717) is 19.7 Å². The van der Waals surface area contributed by atoms with Gasteiger partial charge in [0.25, 0.3) is 0 Å². The van der Waals surface area contributed by atoms with E-state index < -0.39 is 11.9 Å². The molecule has 1 heterocycles. The van der Waals surface area contributed by atoms with Crippen LogP contribution in [0.3, 0.4) is 0 Å². The van der Waals surface area contributed by atoms with Crippen LogP contribution in [0.15, 0.2) is 18.2 Å². The molecule has 0 saturated carbocycles. The molecule has 1 fully saturated rings. The Hall–Kier alpha value is -2.04. The number of hydrogen-bond donors (Lipinski definition) is 1. The molecule has 1 aromatic carbocycles. The molecule has 1 aromatic rings. The van der Waals surface area contributed by atoms with E-state index in [0.717, 1.165) is 11.3 Å². The zero-order valence-electron chi connectivity index (χ0n) is 13.3. The van der Waals surface area contributed by atoms with Crippen molar-refractivity contribution in [2.45, 2.75) is 27.2 Å². The Morgan fingerprint density at radius 3 is 2.59 bits per heavy atom. The number of amides is 1. The number of aliphatic carboxylic acids is 1. The fourth-order valence-electron chi connectivity index (χ4n) is 2.71. The van der Waals surface area contributed by atoms with Crippen molar-refractivity contribution in [1.82, 2.24) is 4.90 Å². The second-order valence-electron chi connectivity index (χ2n) is 6.07. The molecule has 2 rings (SSSR count). The number of carbonyl (C=O) groups excluding carboxylic acids is 1. The molecule has 0 bridgehead atoms. The van der Waals surface area contributed by atoms with Crippen molar-refractivity contribution in [3.05, 3.63) is 29.3 Å². The Morgan fingerprint density at radius 2 is 2.00 bits per heavy atom. The van der Waals surface area contributed by atoms with Crippen LogP contribution in [0.4, 0.5) is 0 Å². The number of rotatable bonds is 5. The molecule has 0 aliphatic carbocycles. The molecule has 1 N–H and O–H groups in total. The van der Waals surface area contributed by atoms with Gasteiger partial charge in [-0.25, -0.2) is 0 Å². The van der Waals surface area contributed by atoms with Gasteiger partial charge in [0, 0.05) is 13.1 Å². The molecular weight excluding hydrogens is 282 g/mol. The molecule has 22 heavy (non-hydrogen) atoms. The van der Waals surface area contributed by atoms with Crippen LogP contribution in [0, 0.1) is 25.7 Å². The Morgan fingerprint density at radius 1 is 1.27 bits per heavy atom. The van der Waals surface area contributed by atoms with E-state index in [1.807, 2.05) is 39.0 Å². The third kappa shape index (κ3) is 3.78. The van der Waals surface area contributed by atoms with E-state index in [-0.39, 0.29) is 18.2 Å². The number of nitrogens with zero attached hydrogens (tertiary/aromatic N) is 1. The van der Waals surface area contributed by atoms with E-state index in [2.05, 4.69) is 0 Å². The van der Waals surface area contributed by atoms with Gasteiger partial charge < -0.3 is 14.7 Å². The summed E-state index contributed by atoms with van der Waals surface area (Å²) in [6.45, 7) is 7.06. The predicted octanol–water partition coefficient (Wildman–Crippen LogP) is 2.25. The fraction of sp³-hybridized carbons (Fsp3) is 0.529. The van der Waals surface area contributed by atoms with Crippen LogP contribution in [0.5, 0.6) is 5.75 Å². The van der Waals surface area contributed by atoms with Gasteiger partial charge in [-0.1, -0.05) is 13.0 Å². The molecular formula is C17H23NO4. The highest BCUT2D eigenvalue weighted by atomic mass is 16.5. The van der Waals surface area contributed by atoms with Crippen LogP contribution >= 0.6 is 0 Å². The summed E-state index contributed by atoms with van der Waals surface area (Å²) in [5.41, 5.74) is 2.36. The fourth-order valence-corrected chi connectivity index (χ4v) is 2.71. The summed E-state index contributed by atoms with van der Waals surface area (Å²) in [4.78, 5) is 24.8. The minimum Gasteiger partial charge on any atom is -0.493 e. The molecule has 0 spiro atoms. The van der Waals surface area contributed by atoms with Crippen LogP contribution in [-0.4, -0.2) is 41.6 Å². The van der Waals surface area contributed by atoms with Crippen molar-refractivity contribution >= 4 is 11.9 Å². The van der Waals surface area contributed by atoms with Gasteiger partial charge in [-0.3, -0.25) is 9.59 Å². The number of hydrogen-bond acceptors (Lipinski definition) is 3. The minimum atomic E-state index is -0.825. The van der Waals surface area contributed by atoms with Crippen LogP contribution in [0.1, 0.15) is 24.5 Å². The van der Waals surface area contributed by atoms with Gasteiger partial charge in [0.05, 0.1) is 18.9 Å². The summed E-state index contributed by atoms with van der Waals surface area (Å²) in [5.74, 6) is -0.561. The van der Waals surface area contributed by atoms with Gasteiger partial charge in [-0.2, -0.15) is 0 Å². The lowest BCUT2D eigenvalue weighted by molar-refractivity contribution is -0.142. The second kappa shape index (κ2) is 6.81. The smallest absolute Gasteiger partial charge is 0.308 e. The number of likely N-dealkylation sites (tertiary alicyclic amines) is 1. The highest BCUT2D eigenvalue weighted by Crippen LogP contribution is 2.23. The first-order chi connectivity index (χ1) is 10.4. The largest absolute Gasteiger partial charge is 0.493 e. The number of carboxylic acid groups (broad SMARTS) is 1. The number of aryl methyl sites for hydroxylation is 2. The van der Waals surface area contributed by atoms with Gasteiger partial charge in [0.2, 0.25) is 5.91 Å². The summed E-state index contributed by atoms with van der Waals surface area (Å²) in [6, 6.07) is 5.84. The molecule has 5 heteroatoms. The normalized spacial score (nSPS) is 21.0. The summed E-state index contributed by atoms with van der Waals surface area (Å²) in [6.07, 6.45) is 0.270. The van der Waals surface area contributed by atoms with E-state index >= 15 is 0 Å². The number of carboxylic acids is 1. The van der Waals surface area contributed by atoms with Gasteiger partial charge in [0.1, 0.15) is 5.75 Å². The Labute approximate surface area is 130 Å². The summed E-state index contributed by atoms with van der Waals surface area (Å²) in [5, 5.41) is 9.09. The highest BCUT2D eigenvalue weighted by Gasteiger charge is 2.36. The van der Waals surface area contributed by atoms with Crippen LogP contribution in [-0.2, 0) is 9.59 Å². The molecule has 1 aliphatic heterocycles. The molecule has 120 valence electrons. The summed E-state index contributed by atoms with van der Waals surface area (Å²) >= 11 is 0. The lowest BCUT2D eigenvalue weighted by atomic mass is 9.99. The summed E-state index contributed by atoms with van der Waals surface area (Å²) in [7, 11) is 0. The third-order valence-corrected chi connectivity index (χ3v) is 4.35. The van der Waals surface area contributed by atoms with Crippen molar-refractivity contribution in [1.29, 1.82) is 0 Å². The quantitative estimate of drug-likeness (QED) is 0.906. The Bertz CT molecular complexity index is 570. The lowest BCUT2D eigenvalue weighted by Crippen LogP contribution is -2.30. The summed E-state index contributed by atoms with van der Waals surface area (Å²) < 4.78 is 5.61. The van der Waals surface area contributed by atoms with Crippen LogP contribution < -0.4 is 4.74 Å². The second-order valence-corrected chi connectivity index (χ2v) is 6.07. The monoisotopic (exact) mass is 305 g/mol. The van der Waals surface area contributed by atoms with E-state index in [9.17, 15) is 9.59 Å². The van der Waals surface area contributed by atoms with E-state index in [1.165, 1.54) is 5.56 Å². The maximum absolute atomic E-state index is 12.1. The average Bonchev–Trinajstić information content (AvgIpc) is 2.85.